The maximum absolute atomic E-state index is 8.99. The van der Waals surface area contributed by atoms with Gasteiger partial charge in [-0.25, -0.2) is 0 Å². The maximum Gasteiger partial charge on any atom is 0.145 e. The first-order valence-corrected chi connectivity index (χ1v) is 6.10. The number of rotatable bonds is 3. The Morgan fingerprint density at radius 2 is 2.00 bits per heavy atom. The molecule has 0 atom stereocenters. The van der Waals surface area contributed by atoms with E-state index >= 15 is 0 Å². The van der Waals surface area contributed by atoms with E-state index in [1.54, 1.807) is 12.1 Å². The summed E-state index contributed by atoms with van der Waals surface area (Å²) in [4.78, 5) is 0. The number of hydrogen-bond donors (Lipinski definition) is 0. The fourth-order valence-corrected chi connectivity index (χ4v) is 1.96. The minimum atomic E-state index is 0.487. The summed E-state index contributed by atoms with van der Waals surface area (Å²) in [6, 6.07) is 15.0. The lowest BCUT2D eigenvalue weighted by Gasteiger charge is -2.09. The Labute approximate surface area is 111 Å². The van der Waals surface area contributed by atoms with Crippen molar-refractivity contribution in [1.82, 2.24) is 0 Å². The van der Waals surface area contributed by atoms with Crippen LogP contribution in [0, 0.1) is 18.3 Å². The zero-order valence-corrected chi connectivity index (χ0v) is 10.7. The van der Waals surface area contributed by atoms with Crippen molar-refractivity contribution in [2.45, 2.75) is 12.8 Å². The van der Waals surface area contributed by atoms with Crippen molar-refractivity contribution in [2.75, 3.05) is 0 Å². The van der Waals surface area contributed by atoms with Gasteiger partial charge in [-0.15, -0.1) is 11.6 Å². The van der Waals surface area contributed by atoms with Crippen molar-refractivity contribution in [3.63, 3.8) is 0 Å². The molecule has 0 saturated carbocycles. The molecule has 2 nitrogen and oxygen atoms in total. The molecule has 0 radical (unpaired) electrons. The molecule has 0 aliphatic carbocycles. The minimum absolute atomic E-state index is 0.487. The van der Waals surface area contributed by atoms with E-state index in [0.717, 1.165) is 11.1 Å². The third-order valence-corrected chi connectivity index (χ3v) is 2.98. The average Bonchev–Trinajstić information content (AvgIpc) is 2.39. The van der Waals surface area contributed by atoms with Crippen LogP contribution in [0.2, 0.25) is 0 Å². The Kier molecular flexibility index (Phi) is 3.86. The summed E-state index contributed by atoms with van der Waals surface area (Å²) in [6.45, 7) is 1.99. The Morgan fingerprint density at radius 1 is 1.22 bits per heavy atom. The van der Waals surface area contributed by atoms with Crippen LogP contribution in [-0.4, -0.2) is 0 Å². The van der Waals surface area contributed by atoms with E-state index in [4.69, 9.17) is 21.6 Å². The number of nitrogens with zero attached hydrogens (tertiary/aromatic N) is 1. The van der Waals surface area contributed by atoms with Crippen LogP contribution in [-0.2, 0) is 5.88 Å². The van der Waals surface area contributed by atoms with Gasteiger partial charge in [0.1, 0.15) is 17.6 Å². The van der Waals surface area contributed by atoms with Gasteiger partial charge in [-0.2, -0.15) is 5.26 Å². The highest BCUT2D eigenvalue weighted by molar-refractivity contribution is 6.17. The molecule has 0 aliphatic rings. The van der Waals surface area contributed by atoms with Gasteiger partial charge in [0.15, 0.2) is 0 Å². The molecule has 0 unspecified atom stereocenters. The molecule has 0 bridgehead atoms. The van der Waals surface area contributed by atoms with Gasteiger partial charge >= 0.3 is 0 Å². The molecule has 2 rings (SSSR count). The number of para-hydroxylation sites is 1. The topological polar surface area (TPSA) is 33.0 Å². The normalized spacial score (nSPS) is 9.83. The number of ether oxygens (including phenoxy) is 1. The maximum atomic E-state index is 8.99. The summed E-state index contributed by atoms with van der Waals surface area (Å²) in [5, 5.41) is 8.99. The van der Waals surface area contributed by atoms with Gasteiger partial charge in [-0.1, -0.05) is 18.2 Å². The molecule has 2 aromatic rings. The van der Waals surface area contributed by atoms with Gasteiger partial charge in [-0.05, 0) is 42.3 Å². The molecule has 0 aliphatic heterocycles. The number of nitriles is 1. The number of benzene rings is 2. The van der Waals surface area contributed by atoms with Crippen molar-refractivity contribution in [2.24, 2.45) is 0 Å². The standard InChI is InChI=1S/C15H12ClNO/c1-11-8-14(7-6-12(11)9-16)18-15-5-3-2-4-13(15)10-17/h2-8H,9H2,1H3. The van der Waals surface area contributed by atoms with E-state index < -0.39 is 0 Å². The number of halogens is 1. The smallest absolute Gasteiger partial charge is 0.145 e. The van der Waals surface area contributed by atoms with Crippen LogP contribution in [0.4, 0.5) is 0 Å². The quantitative estimate of drug-likeness (QED) is 0.764. The van der Waals surface area contributed by atoms with E-state index in [0.29, 0.717) is 22.9 Å². The van der Waals surface area contributed by atoms with Gasteiger partial charge in [0.2, 0.25) is 0 Å². The Balaban J connectivity index is 2.29. The first-order chi connectivity index (χ1) is 8.74. The van der Waals surface area contributed by atoms with Crippen molar-refractivity contribution >= 4 is 11.6 Å². The first kappa shape index (κ1) is 12.5. The minimum Gasteiger partial charge on any atom is -0.456 e. The average molecular weight is 258 g/mol. The third-order valence-electron chi connectivity index (χ3n) is 2.69. The van der Waals surface area contributed by atoms with Crippen LogP contribution in [0.1, 0.15) is 16.7 Å². The summed E-state index contributed by atoms with van der Waals surface area (Å²) in [7, 11) is 0. The number of alkyl halides is 1. The van der Waals surface area contributed by atoms with Gasteiger partial charge < -0.3 is 4.74 Å². The summed E-state index contributed by atoms with van der Waals surface area (Å²) < 4.78 is 5.72. The van der Waals surface area contributed by atoms with Crippen molar-refractivity contribution in [1.29, 1.82) is 5.26 Å². The molecular formula is C15H12ClNO. The highest BCUT2D eigenvalue weighted by atomic mass is 35.5. The molecule has 3 heteroatoms. The van der Waals surface area contributed by atoms with Gasteiger partial charge in [0.25, 0.3) is 0 Å². The van der Waals surface area contributed by atoms with E-state index in [-0.39, 0.29) is 0 Å². The molecule has 90 valence electrons. The number of aryl methyl sites for hydroxylation is 1. The molecule has 2 aromatic carbocycles. The Bertz CT molecular complexity index is 602. The lowest BCUT2D eigenvalue weighted by molar-refractivity contribution is 0.480. The highest BCUT2D eigenvalue weighted by Crippen LogP contribution is 2.26. The second-order valence-electron chi connectivity index (χ2n) is 3.93. The summed E-state index contributed by atoms with van der Waals surface area (Å²) in [5.41, 5.74) is 2.69. The number of hydrogen-bond acceptors (Lipinski definition) is 2. The van der Waals surface area contributed by atoms with Gasteiger partial charge in [0.05, 0.1) is 5.56 Å². The lowest BCUT2D eigenvalue weighted by atomic mass is 10.1. The summed E-state index contributed by atoms with van der Waals surface area (Å²) in [6.07, 6.45) is 0. The van der Waals surface area contributed by atoms with E-state index in [2.05, 4.69) is 6.07 Å². The predicted octanol–water partition coefficient (Wildman–Crippen LogP) is 4.40. The van der Waals surface area contributed by atoms with Crippen LogP contribution < -0.4 is 4.74 Å². The summed E-state index contributed by atoms with van der Waals surface area (Å²) in [5.74, 6) is 1.77. The van der Waals surface area contributed by atoms with Crippen molar-refractivity contribution < 1.29 is 4.74 Å². The Morgan fingerprint density at radius 3 is 2.67 bits per heavy atom. The zero-order valence-electron chi connectivity index (χ0n) is 9.98. The Hall–Kier alpha value is -1.98. The van der Waals surface area contributed by atoms with E-state index in [9.17, 15) is 0 Å². The SMILES string of the molecule is Cc1cc(Oc2ccccc2C#N)ccc1CCl. The van der Waals surface area contributed by atoms with Gasteiger partial charge in [0, 0.05) is 5.88 Å². The van der Waals surface area contributed by atoms with Gasteiger partial charge in [-0.3, -0.25) is 0 Å². The van der Waals surface area contributed by atoms with Crippen molar-refractivity contribution in [3.05, 3.63) is 59.2 Å². The van der Waals surface area contributed by atoms with Crippen LogP contribution in [0.25, 0.3) is 0 Å². The highest BCUT2D eigenvalue weighted by Gasteiger charge is 2.05. The molecule has 0 aromatic heterocycles. The molecule has 0 saturated heterocycles. The van der Waals surface area contributed by atoms with Crippen LogP contribution in [0.3, 0.4) is 0 Å². The largest absolute Gasteiger partial charge is 0.456 e. The van der Waals surface area contributed by atoms with E-state index in [1.165, 1.54) is 0 Å². The summed E-state index contributed by atoms with van der Waals surface area (Å²) >= 11 is 5.81. The third kappa shape index (κ3) is 2.64. The molecule has 0 heterocycles. The molecule has 0 fully saturated rings. The van der Waals surface area contributed by atoms with Crippen molar-refractivity contribution in [3.8, 4) is 17.6 Å². The fraction of sp³-hybridized carbons (Fsp3) is 0.133. The zero-order chi connectivity index (χ0) is 13.0. The molecule has 0 spiro atoms. The molecule has 0 amide bonds. The van der Waals surface area contributed by atoms with E-state index in [1.807, 2.05) is 37.3 Å². The monoisotopic (exact) mass is 257 g/mol. The lowest BCUT2D eigenvalue weighted by Crippen LogP contribution is -1.90. The first-order valence-electron chi connectivity index (χ1n) is 5.57. The molecular weight excluding hydrogens is 246 g/mol. The predicted molar refractivity (Wildman–Crippen MR) is 72.0 cm³/mol. The second-order valence-corrected chi connectivity index (χ2v) is 4.20. The van der Waals surface area contributed by atoms with Crippen LogP contribution in [0.5, 0.6) is 11.5 Å². The van der Waals surface area contributed by atoms with Crippen LogP contribution in [0.15, 0.2) is 42.5 Å². The molecule has 0 N–H and O–H groups in total. The molecule has 18 heavy (non-hydrogen) atoms. The fourth-order valence-electron chi connectivity index (χ4n) is 1.66. The second kappa shape index (κ2) is 5.57. The van der Waals surface area contributed by atoms with Crippen LogP contribution >= 0.6 is 11.6 Å².